The first kappa shape index (κ1) is 31.0. The molecule has 2 amide bonds. The number of carbonyl (C=O) groups excluding carboxylic acids is 2. The van der Waals surface area contributed by atoms with Gasteiger partial charge >= 0.3 is 0 Å². The zero-order valence-electron chi connectivity index (χ0n) is 25.2. The second-order valence-electron chi connectivity index (χ2n) is 11.1. The van der Waals surface area contributed by atoms with Gasteiger partial charge < -0.3 is 20.5 Å². The van der Waals surface area contributed by atoms with Crippen molar-refractivity contribution in [1.29, 1.82) is 0 Å². The summed E-state index contributed by atoms with van der Waals surface area (Å²) in [7, 11) is 0. The van der Waals surface area contributed by atoms with Crippen molar-refractivity contribution in [3.63, 3.8) is 0 Å². The summed E-state index contributed by atoms with van der Waals surface area (Å²) in [6.45, 7) is 14.5. The second-order valence-corrected chi connectivity index (χ2v) is 11.1. The van der Waals surface area contributed by atoms with Gasteiger partial charge in [-0.05, 0) is 59.1 Å². The number of hydrogen-bond acceptors (Lipinski definition) is 6. The van der Waals surface area contributed by atoms with Crippen LogP contribution in [-0.4, -0.2) is 47.0 Å². The maximum Gasteiger partial charge on any atom is 0.247 e. The van der Waals surface area contributed by atoms with Crippen molar-refractivity contribution in [3.05, 3.63) is 65.0 Å². The molecule has 0 fully saturated rings. The van der Waals surface area contributed by atoms with Gasteiger partial charge in [0.2, 0.25) is 11.8 Å². The van der Waals surface area contributed by atoms with Gasteiger partial charge in [0.15, 0.2) is 5.96 Å². The van der Waals surface area contributed by atoms with Crippen LogP contribution in [0.2, 0.25) is 0 Å². The number of nitrogens with one attached hydrogen (secondary N) is 1. The van der Waals surface area contributed by atoms with Gasteiger partial charge in [0.25, 0.3) is 0 Å². The zero-order chi connectivity index (χ0) is 29.5. The summed E-state index contributed by atoms with van der Waals surface area (Å²) >= 11 is 0. The third-order valence-electron chi connectivity index (χ3n) is 7.65. The average Bonchev–Trinajstić information content (AvgIpc) is 2.91. The highest BCUT2D eigenvalue weighted by Gasteiger charge is 2.38. The lowest BCUT2D eigenvalue weighted by molar-refractivity contribution is -0.129. The number of guanidine groups is 1. The van der Waals surface area contributed by atoms with Crippen LogP contribution in [0.3, 0.4) is 0 Å². The van der Waals surface area contributed by atoms with Crippen molar-refractivity contribution in [3.8, 4) is 5.75 Å². The predicted molar refractivity (Wildman–Crippen MR) is 160 cm³/mol. The van der Waals surface area contributed by atoms with Crippen molar-refractivity contribution in [2.24, 2.45) is 10.7 Å². The van der Waals surface area contributed by atoms with Gasteiger partial charge in [0.1, 0.15) is 17.1 Å². The summed E-state index contributed by atoms with van der Waals surface area (Å²) in [4.78, 5) is 32.6. The molecule has 0 saturated carbocycles. The Bertz CT molecular complexity index is 1210. The summed E-state index contributed by atoms with van der Waals surface area (Å²) in [6.07, 6.45) is 8.84. The van der Waals surface area contributed by atoms with Crippen LogP contribution >= 0.6 is 0 Å². The Balaban J connectivity index is 1.82. The highest BCUT2D eigenvalue weighted by molar-refractivity contribution is 5.99. The number of nitrogens with two attached hydrogens (primary N) is 1. The topological polar surface area (TPSA) is 106 Å². The number of hydrogen-bond donors (Lipinski definition) is 2. The van der Waals surface area contributed by atoms with Crippen LogP contribution in [0, 0.1) is 0 Å². The average molecular weight is 551 g/mol. The lowest BCUT2D eigenvalue weighted by Crippen LogP contribution is -2.52. The fourth-order valence-corrected chi connectivity index (χ4v) is 5.22. The Kier molecular flexibility index (Phi) is 10.2. The van der Waals surface area contributed by atoms with Crippen molar-refractivity contribution in [2.75, 3.05) is 13.2 Å². The smallest absolute Gasteiger partial charge is 0.247 e. The van der Waals surface area contributed by atoms with Crippen molar-refractivity contribution < 1.29 is 19.1 Å². The molecule has 218 valence electrons. The second kappa shape index (κ2) is 13.2. The molecule has 1 aromatic rings. The van der Waals surface area contributed by atoms with E-state index in [1.807, 2.05) is 71.9 Å². The Labute approximate surface area is 239 Å². The Morgan fingerprint density at radius 3 is 2.52 bits per heavy atom. The van der Waals surface area contributed by atoms with E-state index in [-0.39, 0.29) is 30.4 Å². The fourth-order valence-electron chi connectivity index (χ4n) is 5.22. The van der Waals surface area contributed by atoms with Gasteiger partial charge in [-0.3, -0.25) is 14.5 Å². The molecule has 0 spiro atoms. The molecule has 8 heteroatoms. The van der Waals surface area contributed by atoms with E-state index >= 15 is 0 Å². The molecule has 2 aliphatic rings. The van der Waals surface area contributed by atoms with Gasteiger partial charge in [-0.25, -0.2) is 4.99 Å². The molecule has 0 radical (unpaired) electrons. The Morgan fingerprint density at radius 2 is 1.90 bits per heavy atom. The highest BCUT2D eigenvalue weighted by Crippen LogP contribution is 2.39. The first-order chi connectivity index (χ1) is 19.0. The number of nitrogens with zero attached hydrogens (tertiary/aromatic N) is 2. The lowest BCUT2D eigenvalue weighted by Gasteiger charge is -2.37. The normalized spacial score (nSPS) is 20.8. The highest BCUT2D eigenvalue weighted by atomic mass is 16.5. The van der Waals surface area contributed by atoms with Gasteiger partial charge in [-0.1, -0.05) is 51.1 Å². The van der Waals surface area contributed by atoms with Gasteiger partial charge in [0, 0.05) is 23.1 Å². The van der Waals surface area contributed by atoms with E-state index in [0.717, 1.165) is 36.1 Å². The van der Waals surface area contributed by atoms with Gasteiger partial charge in [-0.2, -0.15) is 0 Å². The van der Waals surface area contributed by atoms with Crippen LogP contribution in [0.25, 0.3) is 0 Å². The number of benzene rings is 1. The fraction of sp³-hybridized carbons (Fsp3) is 0.531. The molecule has 8 nitrogen and oxygen atoms in total. The first-order valence-corrected chi connectivity index (χ1v) is 14.4. The molecule has 1 atom stereocenters. The van der Waals surface area contributed by atoms with E-state index in [9.17, 15) is 9.59 Å². The largest absolute Gasteiger partial charge is 0.494 e. The molecular weight excluding hydrogens is 504 g/mol. The Morgan fingerprint density at radius 1 is 1.20 bits per heavy atom. The minimum Gasteiger partial charge on any atom is -0.494 e. The molecular formula is C32H46N4O4. The van der Waals surface area contributed by atoms with E-state index in [1.165, 1.54) is 4.90 Å². The lowest BCUT2D eigenvalue weighted by atomic mass is 9.88. The standard InChI is InChI=1S/C32H46N4O4/c1-8-14-23(21-36-28(37)20-32(9-2,10-3)35-30(36)33)26(39-11-4)18-17-22(5)29(38)34-25-19-31(6,7)40-27-16-13-12-15-24(25)27/h12-18,25H,8-11,19-21H2,1-7H3,(H2,33,35)(H,34,38)/b22-17+,23-14+,26-18+. The predicted octanol–water partition coefficient (Wildman–Crippen LogP) is 5.71. The number of carbonyl (C=O) groups is 2. The zero-order valence-corrected chi connectivity index (χ0v) is 25.2. The molecule has 0 aromatic heterocycles. The summed E-state index contributed by atoms with van der Waals surface area (Å²) in [5, 5.41) is 3.18. The van der Waals surface area contributed by atoms with E-state index < -0.39 is 11.1 Å². The number of allylic oxidation sites excluding steroid dienone is 3. The van der Waals surface area contributed by atoms with Crippen LogP contribution < -0.4 is 15.8 Å². The number of aliphatic imine (C=N–C) groups is 1. The van der Waals surface area contributed by atoms with E-state index in [1.54, 1.807) is 19.1 Å². The molecule has 1 unspecified atom stereocenters. The van der Waals surface area contributed by atoms with Crippen LogP contribution in [0.15, 0.2) is 64.4 Å². The molecule has 3 rings (SSSR count). The third kappa shape index (κ3) is 7.34. The molecule has 0 aliphatic carbocycles. The van der Waals surface area contributed by atoms with E-state index in [2.05, 4.69) is 5.32 Å². The van der Waals surface area contributed by atoms with Crippen LogP contribution in [-0.2, 0) is 14.3 Å². The molecule has 2 aliphatic heterocycles. The van der Waals surface area contributed by atoms with Crippen LogP contribution in [0.5, 0.6) is 5.75 Å². The van der Waals surface area contributed by atoms with Crippen LogP contribution in [0.1, 0.15) is 92.2 Å². The number of ether oxygens (including phenoxy) is 2. The van der Waals surface area contributed by atoms with Gasteiger partial charge in [-0.15, -0.1) is 0 Å². The molecule has 3 N–H and O–H groups in total. The van der Waals surface area contributed by atoms with Crippen LogP contribution in [0.4, 0.5) is 0 Å². The van der Waals surface area contributed by atoms with Crippen molar-refractivity contribution in [1.82, 2.24) is 10.2 Å². The van der Waals surface area contributed by atoms with Crippen molar-refractivity contribution >= 4 is 17.8 Å². The summed E-state index contributed by atoms with van der Waals surface area (Å²) in [5.41, 5.74) is 7.82. The summed E-state index contributed by atoms with van der Waals surface area (Å²) in [6, 6.07) is 7.66. The van der Waals surface area contributed by atoms with E-state index in [0.29, 0.717) is 30.8 Å². The molecule has 40 heavy (non-hydrogen) atoms. The quantitative estimate of drug-likeness (QED) is 0.208. The maximum atomic E-state index is 13.2. The minimum atomic E-state index is -0.432. The van der Waals surface area contributed by atoms with Gasteiger partial charge in [0.05, 0.1) is 31.2 Å². The number of para-hydroxylation sites is 1. The molecule has 0 saturated heterocycles. The number of rotatable bonds is 11. The Hall–Kier alpha value is -3.55. The SMILES string of the molecule is CC/C=C(CN1C(=O)CC(CC)(CC)N=C1N)/C(=C\C=C(/C)C(=O)NC1CC(C)(C)Oc2ccccc21)OCC. The maximum absolute atomic E-state index is 13.2. The third-order valence-corrected chi connectivity index (χ3v) is 7.65. The first-order valence-electron chi connectivity index (χ1n) is 14.4. The van der Waals surface area contributed by atoms with Crippen molar-refractivity contribution in [2.45, 2.75) is 97.8 Å². The minimum absolute atomic E-state index is 0.0418. The summed E-state index contributed by atoms with van der Waals surface area (Å²) in [5.74, 6) is 1.42. The molecule has 0 bridgehead atoms. The number of fused-ring (bicyclic) bond motifs is 1. The molecule has 2 heterocycles. The van der Waals surface area contributed by atoms with E-state index in [4.69, 9.17) is 20.2 Å². The monoisotopic (exact) mass is 550 g/mol. The molecule has 1 aromatic carbocycles. The summed E-state index contributed by atoms with van der Waals surface area (Å²) < 4.78 is 12.1. The number of amides is 2.